The van der Waals surface area contributed by atoms with Crippen LogP contribution in [0.25, 0.3) is 22.4 Å². The lowest BCUT2D eigenvalue weighted by Gasteiger charge is -2.25. The van der Waals surface area contributed by atoms with Crippen LogP contribution in [-0.4, -0.2) is 62.3 Å². The number of carbonyl (C=O) groups excluding carboxylic acids is 1. The molecule has 11 heteroatoms. The number of carbonyl (C=O) groups is 2. The Hall–Kier alpha value is -3.12. The zero-order chi connectivity index (χ0) is 27.4. The first-order valence-corrected chi connectivity index (χ1v) is 13.6. The van der Waals surface area contributed by atoms with E-state index in [1.165, 1.54) is 11.4 Å². The highest BCUT2D eigenvalue weighted by atomic mass is 32.2. The van der Waals surface area contributed by atoms with E-state index in [0.717, 1.165) is 29.5 Å². The Morgan fingerprint density at radius 1 is 1.32 bits per heavy atom. The molecule has 1 saturated carbocycles. The number of nitrogens with zero attached hydrogens (tertiary/aromatic N) is 2. The SMILES string of the molecule is CNC(=O)c1c(-c2ccc(C)cc2)oc2nc(CN(CCC[C@H](COC)C(=O)O)S(=O)[O-])c(C3CC3)cc12. The molecule has 204 valence electrons. The number of fused-ring (bicyclic) bond motifs is 1. The van der Waals surface area contributed by atoms with Crippen molar-refractivity contribution in [1.29, 1.82) is 0 Å². The number of aryl methyl sites for hydroxylation is 1. The second-order valence-corrected chi connectivity index (χ2v) is 10.6. The molecule has 2 atom stereocenters. The first-order chi connectivity index (χ1) is 18.2. The van der Waals surface area contributed by atoms with E-state index in [-0.39, 0.29) is 43.7 Å². The number of carboxylic acid groups (broad SMARTS) is 1. The number of pyridine rings is 1. The van der Waals surface area contributed by atoms with Gasteiger partial charge < -0.3 is 24.1 Å². The average Bonchev–Trinajstić information content (AvgIpc) is 3.67. The molecule has 0 radical (unpaired) electrons. The smallest absolute Gasteiger partial charge is 0.308 e. The number of hydrogen-bond acceptors (Lipinski definition) is 7. The van der Waals surface area contributed by atoms with Gasteiger partial charge in [-0.2, -0.15) is 0 Å². The summed E-state index contributed by atoms with van der Waals surface area (Å²) in [6, 6.07) is 9.56. The normalized spacial score (nSPS) is 15.1. The molecule has 0 saturated heterocycles. The quantitative estimate of drug-likeness (QED) is 0.311. The monoisotopic (exact) mass is 542 g/mol. The number of aromatic nitrogens is 1. The van der Waals surface area contributed by atoms with Crippen LogP contribution in [0, 0.1) is 12.8 Å². The summed E-state index contributed by atoms with van der Waals surface area (Å²) in [5, 5.41) is 12.6. The molecule has 10 nitrogen and oxygen atoms in total. The first kappa shape index (κ1) is 27.9. The third-order valence-corrected chi connectivity index (χ3v) is 7.53. The molecule has 1 amide bonds. The third kappa shape index (κ3) is 6.29. The molecule has 1 aliphatic carbocycles. The Kier molecular flexibility index (Phi) is 8.93. The number of hydrogen-bond donors (Lipinski definition) is 2. The Morgan fingerprint density at radius 2 is 2.03 bits per heavy atom. The maximum atomic E-state index is 12.9. The van der Waals surface area contributed by atoms with Crippen molar-refractivity contribution >= 4 is 34.2 Å². The first-order valence-electron chi connectivity index (χ1n) is 12.5. The van der Waals surface area contributed by atoms with E-state index in [0.29, 0.717) is 28.8 Å². The molecular formula is C27H32N3O7S-. The highest BCUT2D eigenvalue weighted by Crippen LogP contribution is 2.44. The van der Waals surface area contributed by atoms with Gasteiger partial charge >= 0.3 is 5.97 Å². The molecule has 0 bridgehead atoms. The van der Waals surface area contributed by atoms with Crippen molar-refractivity contribution in [2.24, 2.45) is 5.92 Å². The minimum Gasteiger partial charge on any atom is -0.760 e. The second-order valence-electron chi connectivity index (χ2n) is 9.62. The van der Waals surface area contributed by atoms with Gasteiger partial charge in [-0.15, -0.1) is 0 Å². The molecule has 2 N–H and O–H groups in total. The summed E-state index contributed by atoms with van der Waals surface area (Å²) < 4.78 is 36.5. The van der Waals surface area contributed by atoms with Crippen molar-refractivity contribution in [3.05, 3.63) is 52.7 Å². The van der Waals surface area contributed by atoms with Crippen LogP contribution >= 0.6 is 0 Å². The number of carboxylic acids is 1. The van der Waals surface area contributed by atoms with Crippen LogP contribution in [0.3, 0.4) is 0 Å². The molecule has 1 fully saturated rings. The molecule has 0 spiro atoms. The van der Waals surface area contributed by atoms with Crippen LogP contribution in [0.2, 0.25) is 0 Å². The molecule has 2 heterocycles. The van der Waals surface area contributed by atoms with Crippen LogP contribution in [0.4, 0.5) is 0 Å². The van der Waals surface area contributed by atoms with E-state index in [2.05, 4.69) is 5.32 Å². The summed E-state index contributed by atoms with van der Waals surface area (Å²) in [5.74, 6) is -1.32. The molecule has 1 aromatic carbocycles. The van der Waals surface area contributed by atoms with Gasteiger partial charge in [0.2, 0.25) is 5.71 Å². The molecule has 0 aliphatic heterocycles. The van der Waals surface area contributed by atoms with Crippen molar-refractivity contribution in [2.75, 3.05) is 27.3 Å². The van der Waals surface area contributed by atoms with Crippen LogP contribution < -0.4 is 5.32 Å². The third-order valence-electron chi connectivity index (χ3n) is 6.79. The molecular weight excluding hydrogens is 510 g/mol. The van der Waals surface area contributed by atoms with E-state index < -0.39 is 23.2 Å². The van der Waals surface area contributed by atoms with Crippen molar-refractivity contribution in [2.45, 2.75) is 45.1 Å². The average molecular weight is 543 g/mol. The van der Waals surface area contributed by atoms with Gasteiger partial charge in [0.05, 0.1) is 35.7 Å². The van der Waals surface area contributed by atoms with Gasteiger partial charge in [-0.05, 0) is 50.2 Å². The number of ether oxygens (including phenoxy) is 1. The van der Waals surface area contributed by atoms with Gasteiger partial charge in [-0.25, -0.2) is 9.29 Å². The van der Waals surface area contributed by atoms with E-state index in [4.69, 9.17) is 14.1 Å². The van der Waals surface area contributed by atoms with Gasteiger partial charge in [0.1, 0.15) is 5.76 Å². The van der Waals surface area contributed by atoms with Crippen LogP contribution in [0.1, 0.15) is 58.8 Å². The van der Waals surface area contributed by atoms with Crippen LogP contribution in [-0.2, 0) is 27.3 Å². The van der Waals surface area contributed by atoms with E-state index in [1.54, 1.807) is 7.05 Å². The van der Waals surface area contributed by atoms with Crippen molar-refractivity contribution in [1.82, 2.24) is 14.6 Å². The van der Waals surface area contributed by atoms with E-state index >= 15 is 0 Å². The van der Waals surface area contributed by atoms with Gasteiger partial charge in [0.25, 0.3) is 5.91 Å². The molecule has 4 rings (SSSR count). The molecule has 3 aromatic rings. The zero-order valence-electron chi connectivity index (χ0n) is 21.7. The molecule has 1 unspecified atom stereocenters. The number of methoxy groups -OCH3 is 1. The fraction of sp³-hybridized carbons (Fsp3) is 0.444. The summed E-state index contributed by atoms with van der Waals surface area (Å²) in [6.07, 6.45) is 2.55. The lowest BCUT2D eigenvalue weighted by atomic mass is 10.0. The van der Waals surface area contributed by atoms with E-state index in [1.807, 2.05) is 37.3 Å². The summed E-state index contributed by atoms with van der Waals surface area (Å²) in [5.41, 5.74) is 3.95. The largest absolute Gasteiger partial charge is 0.760 e. The number of furan rings is 1. The van der Waals surface area contributed by atoms with Gasteiger partial charge in [0, 0.05) is 37.5 Å². The topological polar surface area (TPSA) is 145 Å². The zero-order valence-corrected chi connectivity index (χ0v) is 22.5. The summed E-state index contributed by atoms with van der Waals surface area (Å²) >= 11 is -2.54. The predicted octanol–water partition coefficient (Wildman–Crippen LogP) is 3.76. The Bertz CT molecular complexity index is 1330. The van der Waals surface area contributed by atoms with Gasteiger partial charge in [-0.3, -0.25) is 13.8 Å². The number of nitrogens with one attached hydrogen (secondary N) is 1. The lowest BCUT2D eigenvalue weighted by molar-refractivity contribution is -0.143. The molecule has 1 aliphatic rings. The maximum Gasteiger partial charge on any atom is 0.308 e. The Morgan fingerprint density at radius 3 is 2.61 bits per heavy atom. The van der Waals surface area contributed by atoms with Crippen molar-refractivity contribution in [3.63, 3.8) is 0 Å². The highest BCUT2D eigenvalue weighted by Gasteiger charge is 2.31. The van der Waals surface area contributed by atoms with Gasteiger partial charge in [0.15, 0.2) is 0 Å². The minimum atomic E-state index is -2.54. The van der Waals surface area contributed by atoms with E-state index in [9.17, 15) is 23.5 Å². The van der Waals surface area contributed by atoms with Crippen LogP contribution in [0.5, 0.6) is 0 Å². The Labute approximate surface area is 223 Å². The standard InChI is InChI=1S/C27H33N3O7S/c1-16-6-8-18(9-7-16)24-23(25(31)28-2)21-13-20(17-10-11-17)22(29-26(21)37-24)14-30(38(34)35)12-4-5-19(15-36-3)27(32)33/h6-9,13,17,19H,4-5,10-12,14-15H2,1-3H3,(H,28,31)(H,32,33)(H,34,35)/p-1/t19-/m1/s1. The number of rotatable bonds is 13. The number of benzene rings is 1. The summed E-state index contributed by atoms with van der Waals surface area (Å²) in [7, 11) is 3.00. The van der Waals surface area contributed by atoms with Crippen molar-refractivity contribution < 1.29 is 32.6 Å². The van der Waals surface area contributed by atoms with Crippen LogP contribution in [0.15, 0.2) is 34.7 Å². The lowest BCUT2D eigenvalue weighted by Crippen LogP contribution is -2.29. The second kappa shape index (κ2) is 12.2. The number of aliphatic carboxylic acids is 1. The fourth-order valence-electron chi connectivity index (χ4n) is 4.57. The molecule has 2 aromatic heterocycles. The fourth-order valence-corrected chi connectivity index (χ4v) is 5.08. The van der Waals surface area contributed by atoms with Crippen molar-refractivity contribution in [3.8, 4) is 11.3 Å². The molecule has 38 heavy (non-hydrogen) atoms. The Balaban J connectivity index is 1.68. The summed E-state index contributed by atoms with van der Waals surface area (Å²) in [6.45, 7) is 2.21. The van der Waals surface area contributed by atoms with Gasteiger partial charge in [-0.1, -0.05) is 29.8 Å². The highest BCUT2D eigenvalue weighted by molar-refractivity contribution is 7.76. The minimum absolute atomic E-state index is 0.0236. The maximum absolute atomic E-state index is 12.9. The number of amides is 1. The predicted molar refractivity (Wildman–Crippen MR) is 141 cm³/mol. The summed E-state index contributed by atoms with van der Waals surface area (Å²) in [4.78, 5) is 29.0.